The molecule has 1 aromatic heterocycles. The van der Waals surface area contributed by atoms with Gasteiger partial charge in [0.05, 0.1) is 11.1 Å². The number of aromatic nitrogens is 1. The summed E-state index contributed by atoms with van der Waals surface area (Å²) in [4.78, 5) is 38.7. The van der Waals surface area contributed by atoms with Crippen LogP contribution >= 0.6 is 0 Å². The molecule has 1 aliphatic rings. The van der Waals surface area contributed by atoms with Crippen molar-refractivity contribution < 1.29 is 9.72 Å². The van der Waals surface area contributed by atoms with Crippen LogP contribution in [0.4, 0.5) is 5.69 Å². The van der Waals surface area contributed by atoms with Crippen molar-refractivity contribution in [2.24, 2.45) is 0 Å². The average molecular weight is 370 g/mol. The Balaban J connectivity index is 1.60. The number of carbonyl (C=O) groups is 1. The van der Waals surface area contributed by atoms with Crippen LogP contribution in [0.1, 0.15) is 18.5 Å². The lowest BCUT2D eigenvalue weighted by Crippen LogP contribution is -2.50. The Morgan fingerprint density at radius 3 is 2.41 bits per heavy atom. The first-order chi connectivity index (χ1) is 13.0. The van der Waals surface area contributed by atoms with Crippen molar-refractivity contribution in [1.82, 2.24) is 14.4 Å². The molecular weight excluding hydrogens is 348 g/mol. The van der Waals surface area contributed by atoms with Crippen molar-refractivity contribution in [3.63, 3.8) is 0 Å². The molecule has 0 N–H and O–H groups in total. The minimum absolute atomic E-state index is 0.186. The second-order valence-corrected chi connectivity index (χ2v) is 6.61. The number of hydrogen-bond acceptors (Lipinski definition) is 5. The molecule has 142 valence electrons. The number of amides is 1. The van der Waals surface area contributed by atoms with Gasteiger partial charge in [0.15, 0.2) is 0 Å². The van der Waals surface area contributed by atoms with E-state index in [1.54, 1.807) is 4.90 Å². The molecule has 2 aromatic rings. The van der Waals surface area contributed by atoms with Gasteiger partial charge in [-0.25, -0.2) is 0 Å². The first kappa shape index (κ1) is 18.8. The molecule has 0 saturated carbocycles. The fourth-order valence-corrected chi connectivity index (χ4v) is 3.30. The second-order valence-electron chi connectivity index (χ2n) is 6.61. The van der Waals surface area contributed by atoms with Gasteiger partial charge < -0.3 is 4.90 Å². The van der Waals surface area contributed by atoms with E-state index in [4.69, 9.17) is 0 Å². The molecule has 0 spiro atoms. The molecule has 1 aromatic carbocycles. The molecule has 0 radical (unpaired) electrons. The Hall–Kier alpha value is -3.00. The largest absolute Gasteiger partial charge is 0.339 e. The standard InChI is InChI=1S/C19H22N4O4/c1-15(16-5-3-2-4-6-16)20-9-11-21(12-10-20)19(25)14-22-13-17(23(26)27)7-8-18(22)24/h2-8,13,15H,9-12,14H2,1H3. The number of carbonyl (C=O) groups excluding carboxylic acids is 1. The minimum Gasteiger partial charge on any atom is -0.339 e. The summed E-state index contributed by atoms with van der Waals surface area (Å²) < 4.78 is 1.10. The second kappa shape index (κ2) is 8.13. The summed E-state index contributed by atoms with van der Waals surface area (Å²) in [6.07, 6.45) is 1.12. The molecule has 27 heavy (non-hydrogen) atoms. The molecule has 1 fully saturated rings. The zero-order valence-corrected chi connectivity index (χ0v) is 15.2. The average Bonchev–Trinajstić information content (AvgIpc) is 2.69. The molecule has 1 atom stereocenters. The maximum atomic E-state index is 12.5. The highest BCUT2D eigenvalue weighted by atomic mass is 16.6. The van der Waals surface area contributed by atoms with E-state index in [1.165, 1.54) is 5.56 Å². The maximum Gasteiger partial charge on any atom is 0.285 e. The molecule has 1 unspecified atom stereocenters. The molecule has 3 rings (SSSR count). The topological polar surface area (TPSA) is 88.7 Å². The lowest BCUT2D eigenvalue weighted by molar-refractivity contribution is -0.385. The van der Waals surface area contributed by atoms with E-state index >= 15 is 0 Å². The summed E-state index contributed by atoms with van der Waals surface area (Å²) in [5, 5.41) is 10.9. The van der Waals surface area contributed by atoms with Gasteiger partial charge in [0.25, 0.3) is 11.2 Å². The van der Waals surface area contributed by atoms with Crippen molar-refractivity contribution in [3.8, 4) is 0 Å². The van der Waals surface area contributed by atoms with Crippen molar-refractivity contribution in [1.29, 1.82) is 0 Å². The zero-order chi connectivity index (χ0) is 19.4. The number of benzene rings is 1. The molecule has 0 bridgehead atoms. The van der Waals surface area contributed by atoms with Crippen LogP contribution in [0.25, 0.3) is 0 Å². The fraction of sp³-hybridized carbons (Fsp3) is 0.368. The van der Waals surface area contributed by atoms with Crippen LogP contribution in [0.2, 0.25) is 0 Å². The smallest absolute Gasteiger partial charge is 0.285 e. The predicted molar refractivity (Wildman–Crippen MR) is 100 cm³/mol. The highest BCUT2D eigenvalue weighted by Crippen LogP contribution is 2.21. The first-order valence-corrected chi connectivity index (χ1v) is 8.87. The van der Waals surface area contributed by atoms with Gasteiger partial charge >= 0.3 is 0 Å². The SMILES string of the molecule is CC(c1ccccc1)N1CCN(C(=O)Cn2cc([N+](=O)[O-])ccc2=O)CC1. The minimum atomic E-state index is -0.579. The van der Waals surface area contributed by atoms with Crippen molar-refractivity contribution in [2.45, 2.75) is 19.5 Å². The van der Waals surface area contributed by atoms with Crippen molar-refractivity contribution in [2.75, 3.05) is 26.2 Å². The van der Waals surface area contributed by atoms with E-state index in [1.807, 2.05) is 18.2 Å². The predicted octanol–water partition coefficient (Wildman–Crippen LogP) is 1.66. The summed E-state index contributed by atoms with van der Waals surface area (Å²) in [7, 11) is 0. The van der Waals surface area contributed by atoms with Crippen LogP contribution in [-0.2, 0) is 11.3 Å². The fourth-order valence-electron chi connectivity index (χ4n) is 3.30. The monoisotopic (exact) mass is 370 g/mol. The molecule has 8 heteroatoms. The summed E-state index contributed by atoms with van der Waals surface area (Å²) in [5.41, 5.74) is 0.606. The van der Waals surface area contributed by atoms with Crippen LogP contribution in [0.3, 0.4) is 0 Å². The summed E-state index contributed by atoms with van der Waals surface area (Å²) >= 11 is 0. The summed E-state index contributed by atoms with van der Waals surface area (Å²) in [5.74, 6) is -0.204. The van der Waals surface area contributed by atoms with Crippen LogP contribution in [0.5, 0.6) is 0 Å². The quantitative estimate of drug-likeness (QED) is 0.590. The first-order valence-electron chi connectivity index (χ1n) is 8.87. The van der Waals surface area contributed by atoms with E-state index in [0.29, 0.717) is 13.1 Å². The van der Waals surface area contributed by atoms with Gasteiger partial charge in [-0.15, -0.1) is 0 Å². The number of nitro groups is 1. The highest BCUT2D eigenvalue weighted by molar-refractivity contribution is 5.76. The maximum absolute atomic E-state index is 12.5. The Labute approximate surface area is 156 Å². The molecule has 2 heterocycles. The molecule has 1 amide bonds. The number of pyridine rings is 1. The normalized spacial score (nSPS) is 16.1. The van der Waals surface area contributed by atoms with Crippen LogP contribution < -0.4 is 5.56 Å². The molecule has 1 aliphatic heterocycles. The van der Waals surface area contributed by atoms with Crippen molar-refractivity contribution >= 4 is 11.6 Å². The molecule has 8 nitrogen and oxygen atoms in total. The van der Waals surface area contributed by atoms with Gasteiger partial charge in [-0.2, -0.15) is 0 Å². The summed E-state index contributed by atoms with van der Waals surface area (Å²) in [6.45, 7) is 4.58. The van der Waals surface area contributed by atoms with Crippen LogP contribution in [0, 0.1) is 10.1 Å². The highest BCUT2D eigenvalue weighted by Gasteiger charge is 2.25. The Kier molecular flexibility index (Phi) is 5.66. The number of piperazine rings is 1. The molecule has 1 saturated heterocycles. The Bertz CT molecular complexity index is 873. The van der Waals surface area contributed by atoms with Gasteiger partial charge in [0.1, 0.15) is 6.54 Å². The van der Waals surface area contributed by atoms with Crippen molar-refractivity contribution in [3.05, 3.63) is 74.7 Å². The van der Waals surface area contributed by atoms with E-state index in [2.05, 4.69) is 24.0 Å². The Morgan fingerprint density at radius 1 is 1.11 bits per heavy atom. The lowest BCUT2D eigenvalue weighted by Gasteiger charge is -2.38. The Morgan fingerprint density at radius 2 is 1.78 bits per heavy atom. The number of hydrogen-bond donors (Lipinski definition) is 0. The van der Waals surface area contributed by atoms with Crippen LogP contribution in [-0.4, -0.2) is 51.4 Å². The number of nitrogens with zero attached hydrogens (tertiary/aromatic N) is 4. The van der Waals surface area contributed by atoms with E-state index in [0.717, 1.165) is 36.0 Å². The van der Waals surface area contributed by atoms with E-state index in [-0.39, 0.29) is 24.2 Å². The van der Waals surface area contributed by atoms with E-state index < -0.39 is 10.5 Å². The number of rotatable bonds is 5. The van der Waals surface area contributed by atoms with Gasteiger partial charge in [-0.05, 0) is 12.5 Å². The van der Waals surface area contributed by atoms with E-state index in [9.17, 15) is 19.7 Å². The third kappa shape index (κ3) is 4.40. The third-order valence-corrected chi connectivity index (χ3v) is 4.98. The molecule has 0 aliphatic carbocycles. The third-order valence-electron chi connectivity index (χ3n) is 4.98. The van der Waals surface area contributed by atoms with Gasteiger partial charge in [-0.1, -0.05) is 30.3 Å². The lowest BCUT2D eigenvalue weighted by atomic mass is 10.1. The zero-order valence-electron chi connectivity index (χ0n) is 15.2. The van der Waals surface area contributed by atoms with Crippen LogP contribution in [0.15, 0.2) is 53.5 Å². The van der Waals surface area contributed by atoms with Gasteiger partial charge in [-0.3, -0.25) is 29.2 Å². The van der Waals surface area contributed by atoms with Gasteiger partial charge in [0, 0.05) is 44.4 Å². The van der Waals surface area contributed by atoms with Gasteiger partial charge in [0.2, 0.25) is 5.91 Å². The molecular formula is C19H22N4O4. The summed E-state index contributed by atoms with van der Waals surface area (Å²) in [6, 6.07) is 12.7.